The molecule has 1 amide bonds. The van der Waals surface area contributed by atoms with Crippen molar-refractivity contribution in [2.45, 2.75) is 26.3 Å². The Morgan fingerprint density at radius 1 is 1.52 bits per heavy atom. The number of aromatic nitrogens is 1. The largest absolute Gasteiger partial charge is 0.397 e. The Balaban J connectivity index is 1.92. The quantitative estimate of drug-likeness (QED) is 0.804. The molecule has 0 aromatic carbocycles. The fourth-order valence-electron chi connectivity index (χ4n) is 2.01. The van der Waals surface area contributed by atoms with Crippen molar-refractivity contribution in [3.8, 4) is 0 Å². The van der Waals surface area contributed by atoms with Gasteiger partial charge in [-0.05, 0) is 39.9 Å². The Hall–Kier alpha value is -1.66. The number of nitrogens with zero attached hydrogens (tertiary/aromatic N) is 2. The molecule has 0 aliphatic heterocycles. The molecule has 2 heterocycles. The van der Waals surface area contributed by atoms with E-state index < -0.39 is 0 Å². The first-order chi connectivity index (χ1) is 10.0. The van der Waals surface area contributed by atoms with Gasteiger partial charge in [-0.25, -0.2) is 0 Å². The summed E-state index contributed by atoms with van der Waals surface area (Å²) in [5, 5.41) is 3.84. The van der Waals surface area contributed by atoms with E-state index in [1.165, 1.54) is 11.3 Å². The van der Waals surface area contributed by atoms with Crippen molar-refractivity contribution in [1.82, 2.24) is 15.2 Å². The van der Waals surface area contributed by atoms with Gasteiger partial charge in [-0.3, -0.25) is 9.78 Å². The van der Waals surface area contributed by atoms with Crippen LogP contribution < -0.4 is 11.1 Å². The Bertz CT molecular complexity index is 623. The van der Waals surface area contributed by atoms with Crippen molar-refractivity contribution < 1.29 is 4.79 Å². The van der Waals surface area contributed by atoms with Crippen LogP contribution >= 0.6 is 11.3 Å². The summed E-state index contributed by atoms with van der Waals surface area (Å²) in [5.74, 6) is -0.0964. The molecule has 3 N–H and O–H groups in total. The number of carbonyl (C=O) groups is 1. The zero-order valence-electron chi connectivity index (χ0n) is 12.7. The van der Waals surface area contributed by atoms with Crippen LogP contribution in [0.25, 0.3) is 10.1 Å². The molecule has 0 aliphatic carbocycles. The minimum atomic E-state index is -0.0964. The molecule has 0 atom stereocenters. The Labute approximate surface area is 129 Å². The molecule has 0 radical (unpaired) electrons. The molecule has 0 bridgehead atoms. The summed E-state index contributed by atoms with van der Waals surface area (Å²) in [7, 11) is 2.09. The van der Waals surface area contributed by atoms with Crippen LogP contribution in [0.2, 0.25) is 0 Å². The first-order valence-corrected chi connectivity index (χ1v) is 7.92. The third kappa shape index (κ3) is 3.71. The first kappa shape index (κ1) is 15.7. The van der Waals surface area contributed by atoms with E-state index in [9.17, 15) is 4.79 Å². The molecule has 6 heteroatoms. The van der Waals surface area contributed by atoms with Gasteiger partial charge in [0.25, 0.3) is 5.91 Å². The van der Waals surface area contributed by atoms with Crippen LogP contribution in [0.1, 0.15) is 29.9 Å². The number of hydrogen-bond acceptors (Lipinski definition) is 5. The molecule has 21 heavy (non-hydrogen) atoms. The van der Waals surface area contributed by atoms with Gasteiger partial charge in [-0.2, -0.15) is 0 Å². The van der Waals surface area contributed by atoms with E-state index >= 15 is 0 Å². The van der Waals surface area contributed by atoms with Gasteiger partial charge in [0, 0.05) is 30.4 Å². The lowest BCUT2D eigenvalue weighted by atomic mass is 10.2. The monoisotopic (exact) mass is 306 g/mol. The van der Waals surface area contributed by atoms with Crippen molar-refractivity contribution in [2.24, 2.45) is 0 Å². The summed E-state index contributed by atoms with van der Waals surface area (Å²) in [6.07, 6.45) is 4.35. The average Bonchev–Trinajstić information content (AvgIpc) is 2.81. The van der Waals surface area contributed by atoms with Crippen molar-refractivity contribution in [2.75, 3.05) is 25.9 Å². The Morgan fingerprint density at radius 3 is 2.95 bits per heavy atom. The number of rotatable bonds is 6. The van der Waals surface area contributed by atoms with E-state index in [1.807, 2.05) is 6.07 Å². The minimum Gasteiger partial charge on any atom is -0.397 e. The second kappa shape index (κ2) is 6.87. The summed E-state index contributed by atoms with van der Waals surface area (Å²) in [4.78, 5) is 19.1. The molecule has 2 rings (SSSR count). The van der Waals surface area contributed by atoms with E-state index in [0.717, 1.165) is 23.1 Å². The summed E-state index contributed by atoms with van der Waals surface area (Å²) in [6.45, 7) is 5.93. The van der Waals surface area contributed by atoms with Gasteiger partial charge in [0.05, 0.1) is 10.4 Å². The molecule has 0 saturated carbocycles. The number of nitrogen functional groups attached to an aromatic ring is 1. The van der Waals surface area contributed by atoms with E-state index in [2.05, 4.69) is 36.1 Å². The lowest BCUT2D eigenvalue weighted by molar-refractivity contribution is 0.0956. The molecule has 0 spiro atoms. The third-order valence-corrected chi connectivity index (χ3v) is 4.75. The zero-order chi connectivity index (χ0) is 15.4. The van der Waals surface area contributed by atoms with Gasteiger partial charge in [0.2, 0.25) is 0 Å². The maximum absolute atomic E-state index is 12.2. The predicted molar refractivity (Wildman–Crippen MR) is 88.7 cm³/mol. The van der Waals surface area contributed by atoms with Crippen LogP contribution in [0, 0.1) is 0 Å². The lowest BCUT2D eigenvalue weighted by Gasteiger charge is -2.20. The SMILES string of the molecule is CC(C)N(C)CCCNC(=O)c1sc2cnccc2c1N. The molecule has 0 aliphatic rings. The molecule has 0 saturated heterocycles. The first-order valence-electron chi connectivity index (χ1n) is 7.11. The average molecular weight is 306 g/mol. The zero-order valence-corrected chi connectivity index (χ0v) is 13.5. The van der Waals surface area contributed by atoms with E-state index in [4.69, 9.17) is 5.73 Å². The maximum atomic E-state index is 12.2. The van der Waals surface area contributed by atoms with E-state index in [-0.39, 0.29) is 5.91 Å². The minimum absolute atomic E-state index is 0.0964. The summed E-state index contributed by atoms with van der Waals surface area (Å²) < 4.78 is 0.944. The summed E-state index contributed by atoms with van der Waals surface area (Å²) in [6, 6.07) is 2.36. The van der Waals surface area contributed by atoms with Crippen LogP contribution in [0.5, 0.6) is 0 Å². The number of thiophene rings is 1. The van der Waals surface area contributed by atoms with Crippen molar-refractivity contribution in [3.63, 3.8) is 0 Å². The van der Waals surface area contributed by atoms with Crippen molar-refractivity contribution in [1.29, 1.82) is 0 Å². The third-order valence-electron chi connectivity index (χ3n) is 3.59. The number of carbonyl (C=O) groups excluding carboxylic acids is 1. The molecule has 114 valence electrons. The Kier molecular flexibility index (Phi) is 5.14. The lowest BCUT2D eigenvalue weighted by Crippen LogP contribution is -2.31. The number of nitrogens with two attached hydrogens (primary N) is 1. The van der Waals surface area contributed by atoms with Gasteiger partial charge in [-0.1, -0.05) is 0 Å². The van der Waals surface area contributed by atoms with Crippen LogP contribution in [-0.4, -0.2) is 42.0 Å². The van der Waals surface area contributed by atoms with Gasteiger partial charge < -0.3 is 16.0 Å². The number of hydrogen-bond donors (Lipinski definition) is 2. The molecule has 0 fully saturated rings. The second-order valence-electron chi connectivity index (χ2n) is 5.40. The summed E-state index contributed by atoms with van der Waals surface area (Å²) in [5.41, 5.74) is 6.60. The molecular weight excluding hydrogens is 284 g/mol. The molecule has 2 aromatic heterocycles. The fraction of sp³-hybridized carbons (Fsp3) is 0.467. The van der Waals surface area contributed by atoms with Crippen LogP contribution in [-0.2, 0) is 0 Å². The number of anilines is 1. The maximum Gasteiger partial charge on any atom is 0.263 e. The normalized spacial score (nSPS) is 11.5. The molecule has 2 aromatic rings. The second-order valence-corrected chi connectivity index (χ2v) is 6.45. The fourth-order valence-corrected chi connectivity index (χ4v) is 3.01. The smallest absolute Gasteiger partial charge is 0.263 e. The highest BCUT2D eigenvalue weighted by atomic mass is 32.1. The highest BCUT2D eigenvalue weighted by Crippen LogP contribution is 2.32. The number of amides is 1. The van der Waals surface area contributed by atoms with Crippen LogP contribution in [0.15, 0.2) is 18.5 Å². The van der Waals surface area contributed by atoms with Gasteiger partial charge >= 0.3 is 0 Å². The van der Waals surface area contributed by atoms with Crippen molar-refractivity contribution >= 4 is 33.0 Å². The Morgan fingerprint density at radius 2 is 2.29 bits per heavy atom. The summed E-state index contributed by atoms with van der Waals surface area (Å²) >= 11 is 1.39. The van der Waals surface area contributed by atoms with E-state index in [1.54, 1.807) is 12.4 Å². The number of nitrogens with one attached hydrogen (secondary N) is 1. The van der Waals surface area contributed by atoms with Gasteiger partial charge in [0.1, 0.15) is 4.88 Å². The van der Waals surface area contributed by atoms with Crippen molar-refractivity contribution in [3.05, 3.63) is 23.3 Å². The van der Waals surface area contributed by atoms with Crippen LogP contribution in [0.3, 0.4) is 0 Å². The molecular formula is C15H22N4OS. The number of fused-ring (bicyclic) bond motifs is 1. The molecule has 0 unspecified atom stereocenters. The highest BCUT2D eigenvalue weighted by Gasteiger charge is 2.15. The topological polar surface area (TPSA) is 71.2 Å². The predicted octanol–water partition coefficient (Wildman–Crippen LogP) is 2.34. The highest BCUT2D eigenvalue weighted by molar-refractivity contribution is 7.21. The van der Waals surface area contributed by atoms with Gasteiger partial charge in [-0.15, -0.1) is 11.3 Å². The number of pyridine rings is 1. The van der Waals surface area contributed by atoms with Gasteiger partial charge in [0.15, 0.2) is 0 Å². The molecule has 5 nitrogen and oxygen atoms in total. The van der Waals surface area contributed by atoms with Crippen LogP contribution in [0.4, 0.5) is 5.69 Å². The van der Waals surface area contributed by atoms with E-state index in [0.29, 0.717) is 23.2 Å². The standard InChI is InChI=1S/C15H22N4OS/c1-10(2)19(3)8-4-6-18-15(20)14-13(16)11-5-7-17-9-12(11)21-14/h5,7,9-10H,4,6,8,16H2,1-3H3,(H,18,20).